The molecule has 1 amide bonds. The van der Waals surface area contributed by atoms with Crippen LogP contribution in [-0.2, 0) is 0 Å². The molecule has 3 nitrogen and oxygen atoms in total. The quantitative estimate of drug-likeness (QED) is 0.771. The number of amides is 1. The second kappa shape index (κ2) is 6.28. The second-order valence-electron chi connectivity index (χ2n) is 5.34. The van der Waals surface area contributed by atoms with E-state index in [1.165, 1.54) is 0 Å². The van der Waals surface area contributed by atoms with E-state index in [4.69, 9.17) is 0 Å². The first kappa shape index (κ1) is 14.7. The topological polar surface area (TPSA) is 42.0 Å². The summed E-state index contributed by atoms with van der Waals surface area (Å²) >= 11 is 1.63. The Morgan fingerprint density at radius 1 is 1.27 bits per heavy atom. The van der Waals surface area contributed by atoms with Gasteiger partial charge in [-0.05, 0) is 30.9 Å². The molecule has 0 fully saturated rings. The van der Waals surface area contributed by atoms with Crippen LogP contribution >= 0.6 is 11.3 Å². The summed E-state index contributed by atoms with van der Waals surface area (Å²) in [6.45, 7) is 4.05. The van der Waals surface area contributed by atoms with Crippen LogP contribution in [0.5, 0.6) is 0 Å². The van der Waals surface area contributed by atoms with Crippen LogP contribution in [0.15, 0.2) is 47.8 Å². The van der Waals surface area contributed by atoms with Crippen molar-refractivity contribution in [2.45, 2.75) is 26.3 Å². The van der Waals surface area contributed by atoms with Gasteiger partial charge < -0.3 is 5.32 Å². The fraction of sp³-hybridized carbons (Fsp3) is 0.222. The zero-order valence-corrected chi connectivity index (χ0v) is 13.5. The number of benzene rings is 1. The summed E-state index contributed by atoms with van der Waals surface area (Å²) in [4.78, 5) is 17.0. The van der Waals surface area contributed by atoms with E-state index >= 15 is 0 Å². The number of thiophene rings is 1. The molecule has 0 spiro atoms. The number of pyridine rings is 1. The number of nitrogens with one attached hydrogen (secondary N) is 1. The number of carbonyl (C=O) groups is 1. The Kier molecular flexibility index (Phi) is 4.20. The second-order valence-corrected chi connectivity index (χ2v) is 6.28. The molecule has 0 aliphatic carbocycles. The number of fused-ring (bicyclic) bond motifs is 1. The van der Waals surface area contributed by atoms with Gasteiger partial charge in [-0.15, -0.1) is 11.3 Å². The van der Waals surface area contributed by atoms with Crippen molar-refractivity contribution in [1.29, 1.82) is 0 Å². The molecule has 2 aromatic heterocycles. The molecular weight excluding hydrogens is 292 g/mol. The molecule has 3 aromatic rings. The molecule has 2 heterocycles. The van der Waals surface area contributed by atoms with Gasteiger partial charge >= 0.3 is 0 Å². The lowest BCUT2D eigenvalue weighted by Gasteiger charge is -2.12. The maximum absolute atomic E-state index is 12.4. The third-order valence-electron chi connectivity index (χ3n) is 3.72. The summed E-state index contributed by atoms with van der Waals surface area (Å²) in [6.07, 6.45) is 0.901. The number of nitrogens with zero attached hydrogens (tertiary/aromatic N) is 1. The van der Waals surface area contributed by atoms with Gasteiger partial charge in [0.05, 0.1) is 5.69 Å². The van der Waals surface area contributed by atoms with E-state index in [9.17, 15) is 4.79 Å². The SMILES string of the molecule is CCC(C)NC(=O)c1cc2sccc2c(-c2ccccc2)n1. The highest BCUT2D eigenvalue weighted by molar-refractivity contribution is 7.17. The van der Waals surface area contributed by atoms with Crippen molar-refractivity contribution in [2.75, 3.05) is 0 Å². The van der Waals surface area contributed by atoms with Gasteiger partial charge in [0, 0.05) is 21.7 Å². The largest absolute Gasteiger partial charge is 0.348 e. The van der Waals surface area contributed by atoms with E-state index in [1.807, 2.05) is 48.7 Å². The molecule has 1 unspecified atom stereocenters. The predicted octanol–water partition coefficient (Wildman–Crippen LogP) is 4.49. The molecule has 3 rings (SSSR count). The average molecular weight is 310 g/mol. The lowest BCUT2D eigenvalue weighted by Crippen LogP contribution is -2.32. The Hall–Kier alpha value is -2.20. The molecule has 112 valence electrons. The fourth-order valence-corrected chi connectivity index (χ4v) is 3.12. The number of carbonyl (C=O) groups excluding carboxylic acids is 1. The zero-order valence-electron chi connectivity index (χ0n) is 12.7. The van der Waals surface area contributed by atoms with Crippen molar-refractivity contribution < 1.29 is 4.79 Å². The van der Waals surface area contributed by atoms with Crippen LogP contribution in [0.2, 0.25) is 0 Å². The van der Waals surface area contributed by atoms with Crippen LogP contribution in [0.25, 0.3) is 21.3 Å². The van der Waals surface area contributed by atoms with Crippen LogP contribution in [0.3, 0.4) is 0 Å². The molecule has 0 aliphatic rings. The third kappa shape index (κ3) is 2.88. The van der Waals surface area contributed by atoms with Gasteiger partial charge in [0.1, 0.15) is 5.69 Å². The van der Waals surface area contributed by atoms with Gasteiger partial charge in [-0.2, -0.15) is 0 Å². The van der Waals surface area contributed by atoms with Gasteiger partial charge in [-0.3, -0.25) is 4.79 Å². The molecule has 1 atom stereocenters. The minimum Gasteiger partial charge on any atom is -0.348 e. The summed E-state index contributed by atoms with van der Waals surface area (Å²) in [5.74, 6) is -0.109. The Morgan fingerprint density at radius 3 is 2.77 bits per heavy atom. The molecule has 0 bridgehead atoms. The highest BCUT2D eigenvalue weighted by atomic mass is 32.1. The standard InChI is InChI=1S/C18H18N2OS/c1-3-12(2)19-18(21)15-11-16-14(9-10-22-16)17(20-15)13-7-5-4-6-8-13/h4-12H,3H2,1-2H3,(H,19,21). The van der Waals surface area contributed by atoms with Crippen LogP contribution in [0.4, 0.5) is 0 Å². The lowest BCUT2D eigenvalue weighted by molar-refractivity contribution is 0.0934. The first-order valence-corrected chi connectivity index (χ1v) is 8.31. The van der Waals surface area contributed by atoms with Gasteiger partial charge in [0.25, 0.3) is 5.91 Å². The van der Waals surface area contributed by atoms with E-state index in [2.05, 4.69) is 23.3 Å². The van der Waals surface area contributed by atoms with E-state index < -0.39 is 0 Å². The zero-order chi connectivity index (χ0) is 15.5. The molecule has 1 aromatic carbocycles. The van der Waals surface area contributed by atoms with E-state index in [1.54, 1.807) is 11.3 Å². The molecule has 1 N–H and O–H groups in total. The molecule has 0 saturated carbocycles. The van der Waals surface area contributed by atoms with Crippen molar-refractivity contribution in [3.8, 4) is 11.3 Å². The van der Waals surface area contributed by atoms with E-state index in [-0.39, 0.29) is 11.9 Å². The number of aromatic nitrogens is 1. The average Bonchev–Trinajstić information content (AvgIpc) is 3.03. The van der Waals surface area contributed by atoms with Crippen molar-refractivity contribution in [1.82, 2.24) is 10.3 Å². The smallest absolute Gasteiger partial charge is 0.270 e. The Balaban J connectivity index is 2.08. The Bertz CT molecular complexity index is 795. The Labute approximate surface area is 134 Å². The molecule has 4 heteroatoms. The number of hydrogen-bond acceptors (Lipinski definition) is 3. The minimum atomic E-state index is -0.109. The summed E-state index contributed by atoms with van der Waals surface area (Å²) in [6, 6.07) is 14.1. The van der Waals surface area contributed by atoms with E-state index in [0.717, 1.165) is 27.8 Å². The van der Waals surface area contributed by atoms with Crippen molar-refractivity contribution in [2.24, 2.45) is 0 Å². The summed E-state index contributed by atoms with van der Waals surface area (Å²) in [7, 11) is 0. The number of hydrogen-bond donors (Lipinski definition) is 1. The lowest BCUT2D eigenvalue weighted by atomic mass is 10.1. The highest BCUT2D eigenvalue weighted by Crippen LogP contribution is 2.30. The summed E-state index contributed by atoms with van der Waals surface area (Å²) < 4.78 is 1.09. The fourth-order valence-electron chi connectivity index (χ4n) is 2.30. The van der Waals surface area contributed by atoms with Crippen LogP contribution in [-0.4, -0.2) is 16.9 Å². The maximum Gasteiger partial charge on any atom is 0.270 e. The van der Waals surface area contributed by atoms with Crippen molar-refractivity contribution >= 4 is 27.3 Å². The maximum atomic E-state index is 12.4. The van der Waals surface area contributed by atoms with Crippen molar-refractivity contribution in [3.05, 3.63) is 53.5 Å². The van der Waals surface area contributed by atoms with Gasteiger partial charge in [0.15, 0.2) is 0 Å². The van der Waals surface area contributed by atoms with Crippen LogP contribution in [0, 0.1) is 0 Å². The number of rotatable bonds is 4. The van der Waals surface area contributed by atoms with Gasteiger partial charge in [-0.25, -0.2) is 4.98 Å². The summed E-state index contributed by atoms with van der Waals surface area (Å²) in [5, 5.41) is 6.12. The van der Waals surface area contributed by atoms with Crippen LogP contribution < -0.4 is 5.32 Å². The van der Waals surface area contributed by atoms with Gasteiger partial charge in [0.2, 0.25) is 0 Å². The molecule has 0 aliphatic heterocycles. The normalized spacial score (nSPS) is 12.3. The molecule has 0 saturated heterocycles. The van der Waals surface area contributed by atoms with Crippen molar-refractivity contribution in [3.63, 3.8) is 0 Å². The monoisotopic (exact) mass is 310 g/mol. The highest BCUT2D eigenvalue weighted by Gasteiger charge is 2.15. The first-order valence-electron chi connectivity index (χ1n) is 7.43. The van der Waals surface area contributed by atoms with E-state index in [0.29, 0.717) is 5.69 Å². The minimum absolute atomic E-state index is 0.109. The van der Waals surface area contributed by atoms with Gasteiger partial charge in [-0.1, -0.05) is 37.3 Å². The van der Waals surface area contributed by atoms with Crippen LogP contribution in [0.1, 0.15) is 30.8 Å². The summed E-state index contributed by atoms with van der Waals surface area (Å²) in [5.41, 5.74) is 2.38. The molecular formula is C18H18N2OS. The molecule has 0 radical (unpaired) electrons. The third-order valence-corrected chi connectivity index (χ3v) is 4.58. The first-order chi connectivity index (χ1) is 10.7. The Morgan fingerprint density at radius 2 is 2.05 bits per heavy atom. The predicted molar refractivity (Wildman–Crippen MR) is 92.3 cm³/mol. The molecule has 22 heavy (non-hydrogen) atoms.